The van der Waals surface area contributed by atoms with Crippen molar-refractivity contribution in [2.75, 3.05) is 37.5 Å². The molecule has 0 atom stereocenters. The molecule has 138 valence electrons. The highest BCUT2D eigenvalue weighted by Crippen LogP contribution is 2.25. The van der Waals surface area contributed by atoms with Gasteiger partial charge in [0.1, 0.15) is 18.2 Å². The first kappa shape index (κ1) is 19.2. The Morgan fingerprint density at radius 2 is 1.92 bits per heavy atom. The predicted molar refractivity (Wildman–Crippen MR) is 93.9 cm³/mol. The van der Waals surface area contributed by atoms with Crippen LogP contribution >= 0.6 is 0 Å². The molecule has 1 amide bonds. The number of aliphatic hydroxyl groups excluding tert-OH is 1. The van der Waals surface area contributed by atoms with Crippen molar-refractivity contribution in [3.63, 3.8) is 0 Å². The monoisotopic (exact) mass is 362 g/mol. The number of carbonyl (C=O) groups is 2. The number of halogens is 1. The van der Waals surface area contributed by atoms with Gasteiger partial charge in [0.2, 0.25) is 5.91 Å². The van der Waals surface area contributed by atoms with Crippen LogP contribution in [-0.4, -0.2) is 43.9 Å². The molecular weight excluding hydrogens is 343 g/mol. The second-order valence-electron chi connectivity index (χ2n) is 5.15. The number of aliphatic hydroxyl groups is 1. The summed E-state index contributed by atoms with van der Waals surface area (Å²) in [5, 5.41) is 14.3. The average Bonchev–Trinajstić information content (AvgIpc) is 2.65. The third-order valence-electron chi connectivity index (χ3n) is 3.34. The van der Waals surface area contributed by atoms with Crippen molar-refractivity contribution in [2.24, 2.45) is 0 Å². The molecule has 0 radical (unpaired) electrons. The van der Waals surface area contributed by atoms with Gasteiger partial charge in [-0.15, -0.1) is 0 Å². The Morgan fingerprint density at radius 3 is 2.65 bits per heavy atom. The molecule has 0 unspecified atom stereocenters. The van der Waals surface area contributed by atoms with E-state index in [-0.39, 0.29) is 31.1 Å². The summed E-state index contributed by atoms with van der Waals surface area (Å²) < 4.78 is 23.2. The molecule has 0 aromatic heterocycles. The molecule has 0 aliphatic rings. The number of rotatable bonds is 8. The maximum Gasteiger partial charge on any atom is 0.339 e. The van der Waals surface area contributed by atoms with Gasteiger partial charge in [0.05, 0.1) is 37.2 Å². The first-order valence-corrected chi connectivity index (χ1v) is 7.79. The molecule has 7 nitrogen and oxygen atoms in total. The number of benzene rings is 2. The molecule has 0 spiro atoms. The topological polar surface area (TPSA) is 96.9 Å². The van der Waals surface area contributed by atoms with Crippen LogP contribution in [0.2, 0.25) is 0 Å². The van der Waals surface area contributed by atoms with E-state index in [0.29, 0.717) is 11.4 Å². The number of nitrogens with one attached hydrogen (secondary N) is 2. The van der Waals surface area contributed by atoms with Crippen LogP contribution in [0.15, 0.2) is 42.5 Å². The van der Waals surface area contributed by atoms with E-state index in [1.54, 1.807) is 18.2 Å². The highest BCUT2D eigenvalue weighted by atomic mass is 19.1. The maximum absolute atomic E-state index is 13.3. The third kappa shape index (κ3) is 5.18. The van der Waals surface area contributed by atoms with E-state index < -0.39 is 17.7 Å². The van der Waals surface area contributed by atoms with Crippen molar-refractivity contribution in [3.8, 4) is 5.75 Å². The van der Waals surface area contributed by atoms with Crippen LogP contribution in [-0.2, 0) is 9.53 Å². The quantitative estimate of drug-likeness (QED) is 0.622. The minimum atomic E-state index is -0.563. The summed E-state index contributed by atoms with van der Waals surface area (Å²) in [7, 11) is 1.25. The zero-order chi connectivity index (χ0) is 18.9. The standard InChI is InChI=1S/C18H19FN2O5/c1-25-18(24)13-4-2-3-5-14(13)21-17(23)11-20-15-7-6-12(19)10-16(15)26-9-8-22/h2-7,10,20,22H,8-9,11H2,1H3,(H,21,23). The van der Waals surface area contributed by atoms with Gasteiger partial charge in [-0.2, -0.15) is 0 Å². The fourth-order valence-electron chi connectivity index (χ4n) is 2.17. The normalized spacial score (nSPS) is 10.1. The van der Waals surface area contributed by atoms with Gasteiger partial charge in [-0.25, -0.2) is 9.18 Å². The number of esters is 1. The summed E-state index contributed by atoms with van der Waals surface area (Å²) in [6.45, 7) is -0.367. The lowest BCUT2D eigenvalue weighted by Crippen LogP contribution is -2.23. The van der Waals surface area contributed by atoms with E-state index in [4.69, 9.17) is 9.84 Å². The van der Waals surface area contributed by atoms with Crippen molar-refractivity contribution < 1.29 is 28.6 Å². The van der Waals surface area contributed by atoms with Crippen LogP contribution < -0.4 is 15.4 Å². The van der Waals surface area contributed by atoms with E-state index in [2.05, 4.69) is 15.4 Å². The highest BCUT2D eigenvalue weighted by Gasteiger charge is 2.14. The van der Waals surface area contributed by atoms with Crippen LogP contribution in [0.4, 0.5) is 15.8 Å². The molecule has 0 fully saturated rings. The molecule has 26 heavy (non-hydrogen) atoms. The molecule has 0 aliphatic heterocycles. The molecule has 0 saturated heterocycles. The van der Waals surface area contributed by atoms with Gasteiger partial charge in [-0.1, -0.05) is 12.1 Å². The molecule has 8 heteroatoms. The number of para-hydroxylation sites is 1. The summed E-state index contributed by atoms with van der Waals surface area (Å²) in [5.41, 5.74) is 0.954. The molecule has 2 rings (SSSR count). The van der Waals surface area contributed by atoms with Crippen molar-refractivity contribution in [1.82, 2.24) is 0 Å². The van der Waals surface area contributed by atoms with Crippen molar-refractivity contribution in [2.45, 2.75) is 0 Å². The summed E-state index contributed by atoms with van der Waals surface area (Å²) in [6.07, 6.45) is 0. The van der Waals surface area contributed by atoms with Gasteiger partial charge < -0.3 is 25.2 Å². The van der Waals surface area contributed by atoms with Crippen molar-refractivity contribution in [3.05, 3.63) is 53.8 Å². The lowest BCUT2D eigenvalue weighted by Gasteiger charge is -2.14. The van der Waals surface area contributed by atoms with Crippen LogP contribution in [0.3, 0.4) is 0 Å². The zero-order valence-electron chi connectivity index (χ0n) is 14.1. The largest absolute Gasteiger partial charge is 0.489 e. The zero-order valence-corrected chi connectivity index (χ0v) is 14.1. The molecule has 0 bridgehead atoms. The molecule has 0 aliphatic carbocycles. The SMILES string of the molecule is COC(=O)c1ccccc1NC(=O)CNc1ccc(F)cc1OCCO. The number of methoxy groups -OCH3 is 1. The molecule has 0 saturated carbocycles. The Hall–Kier alpha value is -3.13. The second kappa shape index (κ2) is 9.38. The molecule has 0 heterocycles. The van der Waals surface area contributed by atoms with Gasteiger partial charge in [0.15, 0.2) is 0 Å². The van der Waals surface area contributed by atoms with Crippen molar-refractivity contribution in [1.29, 1.82) is 0 Å². The molecule has 2 aromatic rings. The number of ether oxygens (including phenoxy) is 2. The van der Waals surface area contributed by atoms with Crippen molar-refractivity contribution >= 4 is 23.3 Å². The van der Waals surface area contributed by atoms with Crippen LogP contribution in [0.25, 0.3) is 0 Å². The summed E-state index contributed by atoms with van der Waals surface area (Å²) in [4.78, 5) is 23.9. The van der Waals surface area contributed by atoms with Gasteiger partial charge >= 0.3 is 5.97 Å². The van der Waals surface area contributed by atoms with Crippen LogP contribution in [0.1, 0.15) is 10.4 Å². The van der Waals surface area contributed by atoms with E-state index in [9.17, 15) is 14.0 Å². The number of amides is 1. The molecular formula is C18H19FN2O5. The Labute approximate surface area is 149 Å². The van der Waals surface area contributed by atoms with E-state index in [1.807, 2.05) is 0 Å². The summed E-state index contributed by atoms with van der Waals surface area (Å²) in [5.74, 6) is -1.30. The maximum atomic E-state index is 13.3. The third-order valence-corrected chi connectivity index (χ3v) is 3.34. The van der Waals surface area contributed by atoms with Gasteiger partial charge in [-0.3, -0.25) is 4.79 Å². The number of hydrogen-bond acceptors (Lipinski definition) is 6. The number of carbonyl (C=O) groups excluding carboxylic acids is 2. The predicted octanol–water partition coefficient (Wildman–Crippen LogP) is 2.03. The second-order valence-corrected chi connectivity index (χ2v) is 5.15. The first-order chi connectivity index (χ1) is 12.5. The Morgan fingerprint density at radius 1 is 1.15 bits per heavy atom. The van der Waals surface area contributed by atoms with E-state index in [1.165, 1.54) is 25.3 Å². The summed E-state index contributed by atoms with van der Waals surface area (Å²) >= 11 is 0. The lowest BCUT2D eigenvalue weighted by atomic mass is 10.2. The Balaban J connectivity index is 2.03. The van der Waals surface area contributed by atoms with E-state index in [0.717, 1.165) is 6.07 Å². The lowest BCUT2D eigenvalue weighted by molar-refractivity contribution is -0.114. The van der Waals surface area contributed by atoms with Gasteiger partial charge in [0, 0.05) is 6.07 Å². The smallest absolute Gasteiger partial charge is 0.339 e. The van der Waals surface area contributed by atoms with Crippen LogP contribution in [0.5, 0.6) is 5.75 Å². The number of anilines is 2. The minimum absolute atomic E-state index is 0.00314. The number of hydrogen-bond donors (Lipinski definition) is 3. The van der Waals surface area contributed by atoms with Crippen LogP contribution in [0, 0.1) is 5.82 Å². The first-order valence-electron chi connectivity index (χ1n) is 7.79. The molecule has 3 N–H and O–H groups in total. The van der Waals surface area contributed by atoms with Gasteiger partial charge in [-0.05, 0) is 24.3 Å². The van der Waals surface area contributed by atoms with Gasteiger partial charge in [0.25, 0.3) is 0 Å². The average molecular weight is 362 g/mol. The highest BCUT2D eigenvalue weighted by molar-refractivity contribution is 6.02. The fourth-order valence-corrected chi connectivity index (χ4v) is 2.17. The summed E-state index contributed by atoms with van der Waals surface area (Å²) in [6, 6.07) is 10.3. The Kier molecular flexibility index (Phi) is 6.92. The Bertz CT molecular complexity index is 782. The van der Waals surface area contributed by atoms with E-state index >= 15 is 0 Å². The molecule has 2 aromatic carbocycles. The minimum Gasteiger partial charge on any atom is -0.489 e. The fraction of sp³-hybridized carbons (Fsp3) is 0.222.